The molecule has 2 atom stereocenters. The second-order valence-corrected chi connectivity index (χ2v) is 3.41. The molecule has 1 aliphatic rings. The molecular formula is C9H19NO2. The van der Waals surface area contributed by atoms with Gasteiger partial charge in [-0.05, 0) is 32.2 Å². The maximum atomic E-state index is 9.45. The topological polar surface area (TPSA) is 41.5 Å². The van der Waals surface area contributed by atoms with Gasteiger partial charge in [-0.1, -0.05) is 0 Å². The van der Waals surface area contributed by atoms with Gasteiger partial charge >= 0.3 is 0 Å². The van der Waals surface area contributed by atoms with Crippen LogP contribution in [-0.4, -0.2) is 37.5 Å². The number of rotatable bonds is 5. The predicted octanol–water partition coefficient (Wildman–Crippen LogP) is 0.526. The van der Waals surface area contributed by atoms with Gasteiger partial charge in [0.15, 0.2) is 0 Å². The van der Waals surface area contributed by atoms with E-state index < -0.39 is 0 Å². The molecule has 0 unspecified atom stereocenters. The molecule has 0 aliphatic heterocycles. The first-order valence-electron chi connectivity index (χ1n) is 4.75. The van der Waals surface area contributed by atoms with Crippen LogP contribution in [0.25, 0.3) is 0 Å². The SMILES string of the molecule is COCCCN[C@@H]1CCC[C@H]1O. The number of aliphatic hydroxyl groups excluding tert-OH is 1. The first-order valence-corrected chi connectivity index (χ1v) is 4.75. The Morgan fingerprint density at radius 3 is 2.92 bits per heavy atom. The van der Waals surface area contributed by atoms with Gasteiger partial charge in [-0.3, -0.25) is 0 Å². The molecule has 1 aliphatic carbocycles. The van der Waals surface area contributed by atoms with E-state index in [1.165, 1.54) is 0 Å². The molecule has 0 aromatic heterocycles. The number of nitrogens with one attached hydrogen (secondary N) is 1. The van der Waals surface area contributed by atoms with E-state index >= 15 is 0 Å². The van der Waals surface area contributed by atoms with Crippen LogP contribution in [0.1, 0.15) is 25.7 Å². The Labute approximate surface area is 74.1 Å². The lowest BCUT2D eigenvalue weighted by molar-refractivity contribution is 0.145. The summed E-state index contributed by atoms with van der Waals surface area (Å²) in [5.41, 5.74) is 0. The van der Waals surface area contributed by atoms with Crippen molar-refractivity contribution >= 4 is 0 Å². The highest BCUT2D eigenvalue weighted by molar-refractivity contribution is 4.82. The summed E-state index contributed by atoms with van der Waals surface area (Å²) in [5.74, 6) is 0. The molecule has 0 radical (unpaired) electrons. The zero-order chi connectivity index (χ0) is 8.81. The Morgan fingerprint density at radius 1 is 1.50 bits per heavy atom. The first-order chi connectivity index (χ1) is 5.84. The average Bonchev–Trinajstić information content (AvgIpc) is 2.46. The summed E-state index contributed by atoms with van der Waals surface area (Å²) in [4.78, 5) is 0. The molecule has 3 nitrogen and oxygen atoms in total. The van der Waals surface area contributed by atoms with E-state index in [4.69, 9.17) is 4.74 Å². The lowest BCUT2D eigenvalue weighted by Crippen LogP contribution is -2.36. The van der Waals surface area contributed by atoms with E-state index in [1.54, 1.807) is 7.11 Å². The van der Waals surface area contributed by atoms with Gasteiger partial charge in [0.05, 0.1) is 6.10 Å². The number of aliphatic hydroxyl groups is 1. The van der Waals surface area contributed by atoms with E-state index in [1.807, 2.05) is 0 Å². The van der Waals surface area contributed by atoms with Crippen molar-refractivity contribution in [3.05, 3.63) is 0 Å². The summed E-state index contributed by atoms with van der Waals surface area (Å²) < 4.78 is 4.93. The van der Waals surface area contributed by atoms with E-state index in [2.05, 4.69) is 5.32 Å². The van der Waals surface area contributed by atoms with Crippen LogP contribution in [0.15, 0.2) is 0 Å². The summed E-state index contributed by atoms with van der Waals surface area (Å²) in [6.45, 7) is 1.76. The number of hydrogen-bond acceptors (Lipinski definition) is 3. The summed E-state index contributed by atoms with van der Waals surface area (Å²) in [6.07, 6.45) is 4.14. The quantitative estimate of drug-likeness (QED) is 0.596. The van der Waals surface area contributed by atoms with Crippen molar-refractivity contribution in [2.45, 2.75) is 37.8 Å². The van der Waals surface area contributed by atoms with Crippen LogP contribution in [0.5, 0.6) is 0 Å². The molecule has 1 fully saturated rings. The smallest absolute Gasteiger partial charge is 0.0693 e. The van der Waals surface area contributed by atoms with E-state index in [-0.39, 0.29) is 6.10 Å². The highest BCUT2D eigenvalue weighted by Crippen LogP contribution is 2.18. The largest absolute Gasteiger partial charge is 0.392 e. The number of hydrogen-bond donors (Lipinski definition) is 2. The minimum Gasteiger partial charge on any atom is -0.392 e. The maximum absolute atomic E-state index is 9.45. The van der Waals surface area contributed by atoms with Gasteiger partial charge in [0.25, 0.3) is 0 Å². The molecule has 0 saturated heterocycles. The highest BCUT2D eigenvalue weighted by atomic mass is 16.5. The normalized spacial score (nSPS) is 29.5. The molecule has 1 saturated carbocycles. The summed E-state index contributed by atoms with van der Waals surface area (Å²) in [5, 5.41) is 12.8. The van der Waals surface area contributed by atoms with Gasteiger partial charge in [0, 0.05) is 19.8 Å². The van der Waals surface area contributed by atoms with Gasteiger partial charge in [0.2, 0.25) is 0 Å². The molecule has 3 heteroatoms. The molecule has 0 bridgehead atoms. The lowest BCUT2D eigenvalue weighted by atomic mass is 10.2. The van der Waals surface area contributed by atoms with Gasteiger partial charge < -0.3 is 15.2 Å². The van der Waals surface area contributed by atoms with Crippen LogP contribution in [0.4, 0.5) is 0 Å². The van der Waals surface area contributed by atoms with Crippen molar-refractivity contribution in [2.75, 3.05) is 20.3 Å². The van der Waals surface area contributed by atoms with Crippen molar-refractivity contribution in [1.29, 1.82) is 0 Å². The predicted molar refractivity (Wildman–Crippen MR) is 48.1 cm³/mol. The molecule has 1 rings (SSSR count). The average molecular weight is 173 g/mol. The van der Waals surface area contributed by atoms with Crippen LogP contribution in [0.3, 0.4) is 0 Å². The van der Waals surface area contributed by atoms with Gasteiger partial charge in [-0.2, -0.15) is 0 Å². The van der Waals surface area contributed by atoms with Crippen LogP contribution in [0.2, 0.25) is 0 Å². The first kappa shape index (κ1) is 9.96. The monoisotopic (exact) mass is 173 g/mol. The third-order valence-electron chi connectivity index (χ3n) is 2.41. The molecule has 0 spiro atoms. The van der Waals surface area contributed by atoms with Crippen molar-refractivity contribution in [2.24, 2.45) is 0 Å². The summed E-state index contributed by atoms with van der Waals surface area (Å²) in [6, 6.07) is 0.335. The fourth-order valence-corrected chi connectivity index (χ4v) is 1.68. The zero-order valence-electron chi connectivity index (χ0n) is 7.75. The Bertz CT molecular complexity index is 119. The van der Waals surface area contributed by atoms with Crippen molar-refractivity contribution < 1.29 is 9.84 Å². The molecule has 0 aromatic carbocycles. The molecule has 72 valence electrons. The maximum Gasteiger partial charge on any atom is 0.0693 e. The van der Waals surface area contributed by atoms with Crippen LogP contribution >= 0.6 is 0 Å². The molecular weight excluding hydrogens is 154 g/mol. The minimum absolute atomic E-state index is 0.118. The lowest BCUT2D eigenvalue weighted by Gasteiger charge is -2.15. The fourth-order valence-electron chi connectivity index (χ4n) is 1.68. The van der Waals surface area contributed by atoms with Crippen molar-refractivity contribution in [3.8, 4) is 0 Å². The third-order valence-corrected chi connectivity index (χ3v) is 2.41. The number of methoxy groups -OCH3 is 1. The van der Waals surface area contributed by atoms with Gasteiger partial charge in [0.1, 0.15) is 0 Å². The van der Waals surface area contributed by atoms with Crippen molar-refractivity contribution in [1.82, 2.24) is 5.32 Å². The minimum atomic E-state index is -0.118. The van der Waals surface area contributed by atoms with Crippen LogP contribution < -0.4 is 5.32 Å². The van der Waals surface area contributed by atoms with E-state index in [9.17, 15) is 5.11 Å². The molecule has 0 aromatic rings. The van der Waals surface area contributed by atoms with Crippen LogP contribution in [-0.2, 0) is 4.74 Å². The zero-order valence-corrected chi connectivity index (χ0v) is 7.75. The Morgan fingerprint density at radius 2 is 2.33 bits per heavy atom. The Hall–Kier alpha value is -0.120. The Balaban J connectivity index is 1.98. The molecule has 2 N–H and O–H groups in total. The molecule has 0 amide bonds. The second kappa shape index (κ2) is 5.51. The van der Waals surface area contributed by atoms with E-state index in [0.717, 1.165) is 38.8 Å². The second-order valence-electron chi connectivity index (χ2n) is 3.41. The standard InChI is InChI=1S/C9H19NO2/c1-12-7-3-6-10-8-4-2-5-9(8)11/h8-11H,2-7H2,1H3/t8-,9-/m1/s1. The fraction of sp³-hybridized carbons (Fsp3) is 1.00. The van der Waals surface area contributed by atoms with Crippen molar-refractivity contribution in [3.63, 3.8) is 0 Å². The molecule has 12 heavy (non-hydrogen) atoms. The Kier molecular flexibility index (Phi) is 4.58. The number of ether oxygens (including phenoxy) is 1. The highest BCUT2D eigenvalue weighted by Gasteiger charge is 2.23. The summed E-state index contributed by atoms with van der Waals surface area (Å²) >= 11 is 0. The van der Waals surface area contributed by atoms with E-state index in [0.29, 0.717) is 6.04 Å². The molecule has 0 heterocycles. The van der Waals surface area contributed by atoms with Gasteiger partial charge in [-0.25, -0.2) is 0 Å². The summed E-state index contributed by atoms with van der Waals surface area (Å²) in [7, 11) is 1.71. The third kappa shape index (κ3) is 3.09. The van der Waals surface area contributed by atoms with Gasteiger partial charge in [-0.15, -0.1) is 0 Å². The van der Waals surface area contributed by atoms with Crippen LogP contribution in [0, 0.1) is 0 Å².